The first-order valence-electron chi connectivity index (χ1n) is 13.4. The standard InChI is InChI=1S/C31H46O4Si/c1-29(2,3)34-28(32)31(7,8)33-23-24-16-15-17-25(22-24)35-36(30(4,5)6,26-18-11-9-12-19-26)27-20-13-10-14-21-27/h9-14,18-21,24-25H,15-17,22-23H2,1-8H3/t24-,25+/m0/s1. The van der Waals surface area contributed by atoms with E-state index in [-0.39, 0.29) is 17.1 Å². The Hall–Kier alpha value is -1.95. The van der Waals surface area contributed by atoms with Crippen molar-refractivity contribution >= 4 is 24.7 Å². The zero-order valence-corrected chi connectivity index (χ0v) is 24.6. The highest BCUT2D eigenvalue weighted by atomic mass is 28.4. The predicted molar refractivity (Wildman–Crippen MR) is 150 cm³/mol. The molecular weight excluding hydrogens is 464 g/mol. The van der Waals surface area contributed by atoms with Crippen LogP contribution >= 0.6 is 0 Å². The molecule has 1 fully saturated rings. The van der Waals surface area contributed by atoms with E-state index in [2.05, 4.69) is 81.4 Å². The van der Waals surface area contributed by atoms with Crippen molar-refractivity contribution in [2.45, 2.75) is 103 Å². The van der Waals surface area contributed by atoms with E-state index in [0.29, 0.717) is 12.5 Å². The van der Waals surface area contributed by atoms with E-state index >= 15 is 0 Å². The zero-order valence-electron chi connectivity index (χ0n) is 23.6. The van der Waals surface area contributed by atoms with Crippen LogP contribution in [-0.2, 0) is 18.7 Å². The van der Waals surface area contributed by atoms with E-state index in [4.69, 9.17) is 13.9 Å². The van der Waals surface area contributed by atoms with Gasteiger partial charge in [0.25, 0.3) is 8.32 Å². The van der Waals surface area contributed by atoms with Gasteiger partial charge in [0.2, 0.25) is 0 Å². The summed E-state index contributed by atoms with van der Waals surface area (Å²) in [6.07, 6.45) is 4.34. The van der Waals surface area contributed by atoms with Crippen LogP contribution in [0.4, 0.5) is 0 Å². The lowest BCUT2D eigenvalue weighted by Crippen LogP contribution is -2.68. The summed E-state index contributed by atoms with van der Waals surface area (Å²) in [6.45, 7) is 16.8. The van der Waals surface area contributed by atoms with Crippen LogP contribution < -0.4 is 10.4 Å². The van der Waals surface area contributed by atoms with Crippen LogP contribution in [0.2, 0.25) is 5.04 Å². The Labute approximate surface area is 219 Å². The first-order valence-corrected chi connectivity index (χ1v) is 15.3. The van der Waals surface area contributed by atoms with Crippen LogP contribution in [0.5, 0.6) is 0 Å². The van der Waals surface area contributed by atoms with E-state index in [0.717, 1.165) is 25.7 Å². The molecule has 0 N–H and O–H groups in total. The molecule has 0 bridgehead atoms. The molecule has 2 atom stereocenters. The lowest BCUT2D eigenvalue weighted by molar-refractivity contribution is -0.181. The predicted octanol–water partition coefficient (Wildman–Crippen LogP) is 6.26. The van der Waals surface area contributed by atoms with Gasteiger partial charge >= 0.3 is 5.97 Å². The van der Waals surface area contributed by atoms with Crippen LogP contribution in [0, 0.1) is 5.92 Å². The van der Waals surface area contributed by atoms with Crippen LogP contribution in [0.3, 0.4) is 0 Å². The monoisotopic (exact) mass is 510 g/mol. The molecule has 0 amide bonds. The fourth-order valence-corrected chi connectivity index (χ4v) is 9.96. The van der Waals surface area contributed by atoms with E-state index < -0.39 is 19.5 Å². The number of ether oxygens (including phenoxy) is 2. The molecule has 2 aromatic rings. The smallest absolute Gasteiger partial charge is 0.338 e. The molecule has 4 nitrogen and oxygen atoms in total. The van der Waals surface area contributed by atoms with E-state index in [1.807, 2.05) is 20.8 Å². The molecule has 0 unspecified atom stereocenters. The molecular formula is C31H46O4Si. The molecule has 1 aliphatic rings. The maximum atomic E-state index is 12.7. The molecule has 1 saturated carbocycles. The second kappa shape index (κ2) is 11.2. The molecule has 0 saturated heterocycles. The Morgan fingerprint density at radius 2 is 1.36 bits per heavy atom. The van der Waals surface area contributed by atoms with Crippen LogP contribution in [-0.4, -0.2) is 38.2 Å². The molecule has 198 valence electrons. The Morgan fingerprint density at radius 1 is 0.833 bits per heavy atom. The minimum absolute atomic E-state index is 0.0438. The first-order chi connectivity index (χ1) is 16.7. The molecule has 3 rings (SSSR count). The second-order valence-corrected chi connectivity index (χ2v) is 17.0. The second-order valence-electron chi connectivity index (χ2n) is 12.8. The molecule has 1 aliphatic carbocycles. The lowest BCUT2D eigenvalue weighted by atomic mass is 9.88. The average Bonchev–Trinajstić information content (AvgIpc) is 2.81. The van der Waals surface area contributed by atoms with Crippen molar-refractivity contribution in [2.24, 2.45) is 5.92 Å². The summed E-state index contributed by atoms with van der Waals surface area (Å²) in [4.78, 5) is 12.7. The maximum absolute atomic E-state index is 12.7. The number of esters is 1. The van der Waals surface area contributed by atoms with Gasteiger partial charge in [0.15, 0.2) is 5.60 Å². The van der Waals surface area contributed by atoms with Gasteiger partial charge in [-0.3, -0.25) is 0 Å². The maximum Gasteiger partial charge on any atom is 0.338 e. The third-order valence-electron chi connectivity index (χ3n) is 7.07. The van der Waals surface area contributed by atoms with Gasteiger partial charge in [-0.2, -0.15) is 0 Å². The highest BCUT2D eigenvalue weighted by molar-refractivity contribution is 6.99. The van der Waals surface area contributed by atoms with Crippen molar-refractivity contribution in [3.05, 3.63) is 60.7 Å². The van der Waals surface area contributed by atoms with Crippen molar-refractivity contribution < 1.29 is 18.7 Å². The molecule has 0 radical (unpaired) electrons. The Morgan fingerprint density at radius 3 is 1.83 bits per heavy atom. The van der Waals surface area contributed by atoms with Crippen molar-refractivity contribution in [3.8, 4) is 0 Å². The summed E-state index contributed by atoms with van der Waals surface area (Å²) in [7, 11) is -2.59. The first kappa shape index (κ1) is 28.6. The zero-order chi connectivity index (χ0) is 26.6. The molecule has 2 aromatic carbocycles. The highest BCUT2D eigenvalue weighted by Crippen LogP contribution is 2.40. The minimum atomic E-state index is -2.59. The van der Waals surface area contributed by atoms with Gasteiger partial charge in [-0.05, 0) is 75.2 Å². The minimum Gasteiger partial charge on any atom is -0.458 e. The van der Waals surface area contributed by atoms with Gasteiger partial charge in [-0.15, -0.1) is 0 Å². The summed E-state index contributed by atoms with van der Waals surface area (Å²) < 4.78 is 19.1. The quantitative estimate of drug-likeness (QED) is 0.311. The number of carbonyl (C=O) groups excluding carboxylic acids is 1. The van der Waals surface area contributed by atoms with E-state index in [9.17, 15) is 4.79 Å². The largest absolute Gasteiger partial charge is 0.458 e. The summed E-state index contributed by atoms with van der Waals surface area (Å²) >= 11 is 0. The SMILES string of the molecule is CC(C)(C)OC(=O)C(C)(C)OC[C@H]1CCC[C@@H](O[Si](c2ccccc2)(c2ccccc2)C(C)(C)C)C1. The van der Waals surface area contributed by atoms with Crippen molar-refractivity contribution in [1.82, 2.24) is 0 Å². The van der Waals surface area contributed by atoms with Crippen molar-refractivity contribution in [1.29, 1.82) is 0 Å². The van der Waals surface area contributed by atoms with Gasteiger partial charge in [0.05, 0.1) is 6.61 Å². The number of hydrogen-bond acceptors (Lipinski definition) is 4. The van der Waals surface area contributed by atoms with E-state index in [1.54, 1.807) is 13.8 Å². The third kappa shape index (κ3) is 6.87. The van der Waals surface area contributed by atoms with Crippen LogP contribution in [0.25, 0.3) is 0 Å². The number of hydrogen-bond donors (Lipinski definition) is 0. The highest BCUT2D eigenvalue weighted by Gasteiger charge is 2.51. The van der Waals surface area contributed by atoms with Crippen LogP contribution in [0.1, 0.15) is 81.1 Å². The Balaban J connectivity index is 1.81. The molecule has 5 heteroatoms. The molecule has 0 heterocycles. The normalized spacial score (nSPS) is 19.7. The van der Waals surface area contributed by atoms with Crippen molar-refractivity contribution in [3.63, 3.8) is 0 Å². The number of benzene rings is 2. The summed E-state index contributed by atoms with van der Waals surface area (Å²) in [6, 6.07) is 21.7. The fourth-order valence-electron chi connectivity index (χ4n) is 5.23. The number of rotatable bonds is 8. The fraction of sp³-hybridized carbons (Fsp3) is 0.581. The van der Waals surface area contributed by atoms with Gasteiger partial charge in [-0.1, -0.05) is 87.9 Å². The van der Waals surface area contributed by atoms with E-state index in [1.165, 1.54) is 10.4 Å². The van der Waals surface area contributed by atoms with Gasteiger partial charge in [0.1, 0.15) is 5.60 Å². The summed E-state index contributed by atoms with van der Waals surface area (Å²) in [5.41, 5.74) is -1.50. The average molecular weight is 511 g/mol. The molecule has 0 spiro atoms. The molecule has 36 heavy (non-hydrogen) atoms. The molecule has 0 aliphatic heterocycles. The summed E-state index contributed by atoms with van der Waals surface area (Å²) in [5.74, 6) is 0.0367. The van der Waals surface area contributed by atoms with Gasteiger partial charge in [-0.25, -0.2) is 4.79 Å². The number of carbonyl (C=O) groups is 1. The third-order valence-corrected chi connectivity index (χ3v) is 12.2. The lowest BCUT2D eigenvalue weighted by Gasteiger charge is -2.46. The van der Waals surface area contributed by atoms with Crippen LogP contribution in [0.15, 0.2) is 60.7 Å². The van der Waals surface area contributed by atoms with Gasteiger partial charge < -0.3 is 13.9 Å². The summed E-state index contributed by atoms with van der Waals surface area (Å²) in [5, 5.41) is 2.58. The Bertz CT molecular complexity index is 934. The Kier molecular flexibility index (Phi) is 8.90. The topological polar surface area (TPSA) is 44.8 Å². The van der Waals surface area contributed by atoms with Gasteiger partial charge in [0, 0.05) is 6.10 Å². The molecule has 0 aromatic heterocycles. The van der Waals surface area contributed by atoms with Crippen molar-refractivity contribution in [2.75, 3.05) is 6.61 Å².